The van der Waals surface area contributed by atoms with Gasteiger partial charge in [-0.05, 0) is 56.3 Å². The summed E-state index contributed by atoms with van der Waals surface area (Å²) in [5.41, 5.74) is 0.388. The Morgan fingerprint density at radius 1 is 1.35 bits per heavy atom. The Kier molecular flexibility index (Phi) is 7.00. The van der Waals surface area contributed by atoms with Crippen molar-refractivity contribution in [2.75, 3.05) is 25.4 Å². The van der Waals surface area contributed by atoms with Gasteiger partial charge in [-0.2, -0.15) is 0 Å². The Balaban J connectivity index is 2.22. The van der Waals surface area contributed by atoms with E-state index in [9.17, 15) is 17.6 Å². The highest BCUT2D eigenvalue weighted by Crippen LogP contribution is 2.30. The van der Waals surface area contributed by atoms with Crippen molar-refractivity contribution in [1.82, 2.24) is 10.0 Å². The third kappa shape index (κ3) is 5.41. The first-order chi connectivity index (χ1) is 12.2. The number of sulfonamides is 1. The minimum absolute atomic E-state index is 0.00652. The van der Waals surface area contributed by atoms with Crippen LogP contribution >= 0.6 is 0 Å². The normalized spacial score (nSPS) is 15.9. The smallest absolute Gasteiger partial charge is 0.267 e. The lowest BCUT2D eigenvalue weighted by Crippen LogP contribution is -2.32. The lowest BCUT2D eigenvalue weighted by Gasteiger charge is -2.24. The van der Waals surface area contributed by atoms with Crippen LogP contribution in [-0.2, 0) is 10.0 Å². The van der Waals surface area contributed by atoms with Crippen molar-refractivity contribution in [3.05, 3.63) is 29.1 Å². The average molecular weight is 386 g/mol. The number of carbonyl (C=O) groups is 1. The standard InChI is InChI=1S/C18H27FN2O4S/c1-4-26(23,24)21-18(22)15-9-14(12(2)3)17(10-16(15)19)25-11-13-5-7-20-8-6-13/h9-10,12-13,20H,4-8,11H2,1-3H3,(H,21,22). The summed E-state index contributed by atoms with van der Waals surface area (Å²) in [5, 5.41) is 3.29. The molecule has 1 heterocycles. The van der Waals surface area contributed by atoms with Crippen LogP contribution in [-0.4, -0.2) is 39.8 Å². The van der Waals surface area contributed by atoms with Gasteiger partial charge in [0.2, 0.25) is 10.0 Å². The summed E-state index contributed by atoms with van der Waals surface area (Å²) in [5.74, 6) is -1.19. The van der Waals surface area contributed by atoms with Crippen molar-refractivity contribution >= 4 is 15.9 Å². The Labute approximate surface area is 154 Å². The molecule has 1 aromatic carbocycles. The van der Waals surface area contributed by atoms with E-state index in [1.54, 1.807) is 0 Å². The van der Waals surface area contributed by atoms with E-state index in [2.05, 4.69) is 5.32 Å². The van der Waals surface area contributed by atoms with Crippen LogP contribution in [0.3, 0.4) is 0 Å². The van der Waals surface area contributed by atoms with Crippen molar-refractivity contribution in [1.29, 1.82) is 0 Å². The number of amides is 1. The summed E-state index contributed by atoms with van der Waals surface area (Å²) in [6, 6.07) is 2.57. The number of ether oxygens (including phenoxy) is 1. The van der Waals surface area contributed by atoms with Gasteiger partial charge in [-0.3, -0.25) is 4.79 Å². The molecule has 0 spiro atoms. The summed E-state index contributed by atoms with van der Waals surface area (Å²) in [6.45, 7) is 7.62. The molecule has 1 aliphatic heterocycles. The number of hydrogen-bond acceptors (Lipinski definition) is 5. The largest absolute Gasteiger partial charge is 0.493 e. The van der Waals surface area contributed by atoms with Gasteiger partial charge < -0.3 is 10.1 Å². The van der Waals surface area contributed by atoms with Gasteiger partial charge in [0.1, 0.15) is 11.6 Å². The molecule has 1 fully saturated rings. The van der Waals surface area contributed by atoms with Gasteiger partial charge in [0.05, 0.1) is 17.9 Å². The number of carbonyl (C=O) groups excluding carboxylic acids is 1. The first kappa shape index (κ1) is 20.6. The molecule has 0 radical (unpaired) electrons. The second kappa shape index (κ2) is 8.81. The maximum absolute atomic E-state index is 14.4. The molecular formula is C18H27FN2O4S. The number of hydrogen-bond donors (Lipinski definition) is 2. The highest BCUT2D eigenvalue weighted by atomic mass is 32.2. The van der Waals surface area contributed by atoms with Crippen LogP contribution in [0.2, 0.25) is 0 Å². The van der Waals surface area contributed by atoms with Crippen LogP contribution in [0.25, 0.3) is 0 Å². The molecule has 146 valence electrons. The topological polar surface area (TPSA) is 84.5 Å². The minimum atomic E-state index is -3.75. The zero-order valence-electron chi connectivity index (χ0n) is 15.5. The van der Waals surface area contributed by atoms with E-state index in [-0.39, 0.29) is 17.2 Å². The van der Waals surface area contributed by atoms with Crippen molar-refractivity contribution in [3.63, 3.8) is 0 Å². The highest BCUT2D eigenvalue weighted by Gasteiger charge is 2.22. The van der Waals surface area contributed by atoms with Gasteiger partial charge in [-0.25, -0.2) is 17.5 Å². The molecule has 0 bridgehead atoms. The lowest BCUT2D eigenvalue weighted by molar-refractivity contribution is 0.0977. The van der Waals surface area contributed by atoms with Gasteiger partial charge in [0.15, 0.2) is 0 Å². The second-order valence-electron chi connectivity index (χ2n) is 6.86. The van der Waals surface area contributed by atoms with E-state index in [4.69, 9.17) is 4.74 Å². The average Bonchev–Trinajstić information content (AvgIpc) is 2.60. The monoisotopic (exact) mass is 386 g/mol. The van der Waals surface area contributed by atoms with Crippen LogP contribution in [0.15, 0.2) is 12.1 Å². The molecule has 8 heteroatoms. The quantitative estimate of drug-likeness (QED) is 0.752. The Hall–Kier alpha value is -1.67. The molecule has 0 atom stereocenters. The number of nitrogens with one attached hydrogen (secondary N) is 2. The van der Waals surface area contributed by atoms with Gasteiger partial charge in [0.25, 0.3) is 5.91 Å². The summed E-state index contributed by atoms with van der Waals surface area (Å²) in [6.07, 6.45) is 2.02. The minimum Gasteiger partial charge on any atom is -0.493 e. The fourth-order valence-electron chi connectivity index (χ4n) is 2.85. The first-order valence-corrected chi connectivity index (χ1v) is 10.6. The van der Waals surface area contributed by atoms with Crippen molar-refractivity contribution in [2.45, 2.75) is 39.5 Å². The van der Waals surface area contributed by atoms with E-state index < -0.39 is 21.7 Å². The molecule has 1 aliphatic rings. The van der Waals surface area contributed by atoms with Crippen LogP contribution in [0.1, 0.15) is 55.5 Å². The SMILES string of the molecule is CCS(=O)(=O)NC(=O)c1cc(C(C)C)c(OCC2CCNCC2)cc1F. The summed E-state index contributed by atoms with van der Waals surface area (Å²) >= 11 is 0. The number of piperidine rings is 1. The number of rotatable bonds is 7. The van der Waals surface area contributed by atoms with E-state index in [1.165, 1.54) is 19.1 Å². The van der Waals surface area contributed by atoms with Crippen LogP contribution in [0.5, 0.6) is 5.75 Å². The zero-order chi connectivity index (χ0) is 19.3. The van der Waals surface area contributed by atoms with Gasteiger partial charge in [-0.1, -0.05) is 13.8 Å². The third-order valence-corrected chi connectivity index (χ3v) is 5.78. The van der Waals surface area contributed by atoms with Gasteiger partial charge in [-0.15, -0.1) is 0 Å². The molecule has 0 saturated carbocycles. The van der Waals surface area contributed by atoms with Gasteiger partial charge in [0, 0.05) is 6.07 Å². The second-order valence-corrected chi connectivity index (χ2v) is 8.87. The number of halogens is 1. The predicted molar refractivity (Wildman–Crippen MR) is 98.5 cm³/mol. The molecule has 1 aromatic rings. The fourth-order valence-corrected chi connectivity index (χ4v) is 3.38. The summed E-state index contributed by atoms with van der Waals surface area (Å²) in [4.78, 5) is 12.2. The zero-order valence-corrected chi connectivity index (χ0v) is 16.3. The molecular weight excluding hydrogens is 359 g/mol. The van der Waals surface area contributed by atoms with Crippen LogP contribution in [0, 0.1) is 11.7 Å². The van der Waals surface area contributed by atoms with Gasteiger partial charge >= 0.3 is 0 Å². The summed E-state index contributed by atoms with van der Waals surface area (Å²) < 4.78 is 45.3. The number of benzene rings is 1. The molecule has 1 saturated heterocycles. The Morgan fingerprint density at radius 3 is 2.58 bits per heavy atom. The molecule has 26 heavy (non-hydrogen) atoms. The summed E-state index contributed by atoms with van der Waals surface area (Å²) in [7, 11) is -3.75. The van der Waals surface area contributed by atoms with Crippen molar-refractivity contribution in [2.24, 2.45) is 5.92 Å². The maximum Gasteiger partial charge on any atom is 0.267 e. The fraction of sp³-hybridized carbons (Fsp3) is 0.611. The van der Waals surface area contributed by atoms with Crippen molar-refractivity contribution < 1.29 is 22.3 Å². The molecule has 1 amide bonds. The van der Waals surface area contributed by atoms with E-state index in [1.807, 2.05) is 18.6 Å². The molecule has 2 N–H and O–H groups in total. The Morgan fingerprint density at radius 2 is 2.00 bits per heavy atom. The molecule has 0 aliphatic carbocycles. The van der Waals surface area contributed by atoms with E-state index >= 15 is 0 Å². The molecule has 2 rings (SSSR count). The molecule has 0 aromatic heterocycles. The molecule has 0 unspecified atom stereocenters. The van der Waals surface area contributed by atoms with Crippen LogP contribution in [0.4, 0.5) is 4.39 Å². The van der Waals surface area contributed by atoms with Crippen LogP contribution < -0.4 is 14.8 Å². The van der Waals surface area contributed by atoms with Crippen molar-refractivity contribution in [3.8, 4) is 5.75 Å². The first-order valence-electron chi connectivity index (χ1n) is 8.95. The Bertz CT molecular complexity index is 744. The molecule has 6 nitrogen and oxygen atoms in total. The third-order valence-electron chi connectivity index (χ3n) is 4.53. The lowest BCUT2D eigenvalue weighted by atomic mass is 9.97. The van der Waals surface area contributed by atoms with E-state index in [0.717, 1.165) is 25.9 Å². The predicted octanol–water partition coefficient (Wildman–Crippen LogP) is 2.41. The maximum atomic E-state index is 14.4. The van der Waals surface area contributed by atoms with E-state index in [0.29, 0.717) is 23.8 Å². The highest BCUT2D eigenvalue weighted by molar-refractivity contribution is 7.90.